The molecule has 0 aliphatic heterocycles. The number of aldehydes is 1. The largest absolute Gasteiger partial charge is 0.303 e. The number of hydrogen-bond acceptors (Lipinski definition) is 1. The maximum atomic E-state index is 10.9. The second-order valence-electron chi connectivity index (χ2n) is 4.47. The van der Waals surface area contributed by atoms with Gasteiger partial charge in [0.25, 0.3) is 0 Å². The van der Waals surface area contributed by atoms with E-state index in [9.17, 15) is 4.79 Å². The van der Waals surface area contributed by atoms with Crippen LogP contribution < -0.4 is 0 Å². The van der Waals surface area contributed by atoms with Crippen molar-refractivity contribution < 1.29 is 4.79 Å². The third-order valence-electron chi connectivity index (χ3n) is 3.24. The highest BCUT2D eigenvalue weighted by molar-refractivity contribution is 5.63. The Morgan fingerprint density at radius 2 is 1.86 bits per heavy atom. The molecule has 1 saturated carbocycles. The minimum atomic E-state index is 0.261. The fourth-order valence-corrected chi connectivity index (χ4v) is 2.51. The number of rotatable bonds is 3. The quantitative estimate of drug-likeness (QED) is 0.666. The van der Waals surface area contributed by atoms with E-state index in [4.69, 9.17) is 0 Å². The van der Waals surface area contributed by atoms with Gasteiger partial charge in [-0.15, -0.1) is 0 Å². The summed E-state index contributed by atoms with van der Waals surface area (Å²) < 4.78 is 0. The van der Waals surface area contributed by atoms with Crippen molar-refractivity contribution in [2.45, 2.75) is 19.8 Å². The Balaban J connectivity index is 2.18. The summed E-state index contributed by atoms with van der Waals surface area (Å²) in [5.74, 6) is 1.91. The van der Waals surface area contributed by atoms with Gasteiger partial charge in [0.05, 0.1) is 0 Å². The van der Waals surface area contributed by atoms with Crippen LogP contribution in [0.25, 0.3) is 0 Å². The molecule has 1 fully saturated rings. The highest BCUT2D eigenvalue weighted by Crippen LogP contribution is 2.56. The van der Waals surface area contributed by atoms with E-state index >= 15 is 0 Å². The SMILES string of the molecule is CC(C)[C@H]1[C@H](C=O)[C@H]1c1ccccc1. The zero-order valence-corrected chi connectivity index (χ0v) is 8.68. The summed E-state index contributed by atoms with van der Waals surface area (Å²) in [6, 6.07) is 10.4. The van der Waals surface area contributed by atoms with Gasteiger partial charge < -0.3 is 4.79 Å². The lowest BCUT2D eigenvalue weighted by Crippen LogP contribution is -1.93. The van der Waals surface area contributed by atoms with Gasteiger partial charge in [0.15, 0.2) is 0 Å². The Bertz CT molecular complexity index is 315. The van der Waals surface area contributed by atoms with Gasteiger partial charge in [0.1, 0.15) is 6.29 Å². The summed E-state index contributed by atoms with van der Waals surface area (Å²) >= 11 is 0. The van der Waals surface area contributed by atoms with Gasteiger partial charge in [0.2, 0.25) is 0 Å². The summed E-state index contributed by atoms with van der Waals surface area (Å²) in [6.45, 7) is 4.40. The van der Waals surface area contributed by atoms with Gasteiger partial charge in [-0.3, -0.25) is 0 Å². The molecular formula is C13H16O. The maximum Gasteiger partial charge on any atom is 0.124 e. The number of carbonyl (C=O) groups is 1. The van der Waals surface area contributed by atoms with E-state index in [1.54, 1.807) is 0 Å². The Hall–Kier alpha value is -1.11. The molecule has 3 atom stereocenters. The van der Waals surface area contributed by atoms with E-state index in [0.29, 0.717) is 17.8 Å². The zero-order valence-electron chi connectivity index (χ0n) is 8.68. The van der Waals surface area contributed by atoms with Crippen LogP contribution >= 0.6 is 0 Å². The molecule has 1 aliphatic carbocycles. The van der Waals surface area contributed by atoms with Crippen LogP contribution in [0.1, 0.15) is 25.3 Å². The van der Waals surface area contributed by atoms with Crippen molar-refractivity contribution in [2.75, 3.05) is 0 Å². The molecule has 0 spiro atoms. The lowest BCUT2D eigenvalue weighted by Gasteiger charge is -2.02. The predicted octanol–water partition coefficient (Wildman–Crippen LogP) is 2.87. The third kappa shape index (κ3) is 1.47. The monoisotopic (exact) mass is 188 g/mol. The van der Waals surface area contributed by atoms with E-state index in [0.717, 1.165) is 6.29 Å². The Kier molecular flexibility index (Phi) is 2.40. The van der Waals surface area contributed by atoms with Crippen LogP contribution in [0.5, 0.6) is 0 Å². The first-order valence-corrected chi connectivity index (χ1v) is 5.26. The minimum Gasteiger partial charge on any atom is -0.303 e. The van der Waals surface area contributed by atoms with Gasteiger partial charge in [-0.2, -0.15) is 0 Å². The first-order chi connectivity index (χ1) is 6.75. The van der Waals surface area contributed by atoms with Gasteiger partial charge in [-0.25, -0.2) is 0 Å². The molecule has 1 nitrogen and oxygen atoms in total. The Morgan fingerprint density at radius 3 is 2.29 bits per heavy atom. The molecule has 1 heteroatoms. The molecule has 1 aliphatic rings. The summed E-state index contributed by atoms with van der Waals surface area (Å²) in [4.78, 5) is 10.9. The fourth-order valence-electron chi connectivity index (χ4n) is 2.51. The van der Waals surface area contributed by atoms with Gasteiger partial charge in [-0.1, -0.05) is 44.2 Å². The lowest BCUT2D eigenvalue weighted by molar-refractivity contribution is -0.109. The van der Waals surface area contributed by atoms with E-state index < -0.39 is 0 Å². The first kappa shape index (κ1) is 9.45. The van der Waals surface area contributed by atoms with Gasteiger partial charge >= 0.3 is 0 Å². The molecule has 0 aromatic heterocycles. The zero-order chi connectivity index (χ0) is 10.1. The third-order valence-corrected chi connectivity index (χ3v) is 3.24. The van der Waals surface area contributed by atoms with Crippen molar-refractivity contribution >= 4 is 6.29 Å². The number of hydrogen-bond donors (Lipinski definition) is 0. The molecule has 0 unspecified atom stereocenters. The molecule has 74 valence electrons. The molecule has 0 radical (unpaired) electrons. The Labute approximate surface area is 85.1 Å². The molecule has 1 aromatic rings. The van der Waals surface area contributed by atoms with Crippen molar-refractivity contribution in [1.82, 2.24) is 0 Å². The van der Waals surface area contributed by atoms with Crippen LogP contribution in [0.2, 0.25) is 0 Å². The lowest BCUT2D eigenvalue weighted by atomic mass is 10.0. The molecule has 0 saturated heterocycles. The molecule has 0 N–H and O–H groups in total. The highest BCUT2D eigenvalue weighted by Gasteiger charge is 2.51. The Morgan fingerprint density at radius 1 is 1.21 bits per heavy atom. The van der Waals surface area contributed by atoms with Crippen molar-refractivity contribution in [2.24, 2.45) is 17.8 Å². The van der Waals surface area contributed by atoms with Gasteiger partial charge in [0, 0.05) is 5.92 Å². The summed E-state index contributed by atoms with van der Waals surface area (Å²) in [5.41, 5.74) is 1.32. The minimum absolute atomic E-state index is 0.261. The average molecular weight is 188 g/mol. The van der Waals surface area contributed by atoms with E-state index in [2.05, 4.69) is 26.0 Å². The van der Waals surface area contributed by atoms with Crippen molar-refractivity contribution in [3.63, 3.8) is 0 Å². The summed E-state index contributed by atoms with van der Waals surface area (Å²) in [5, 5.41) is 0. The fraction of sp³-hybridized carbons (Fsp3) is 0.462. The number of benzene rings is 1. The van der Waals surface area contributed by atoms with E-state index in [-0.39, 0.29) is 5.92 Å². The topological polar surface area (TPSA) is 17.1 Å². The van der Waals surface area contributed by atoms with Gasteiger partial charge in [-0.05, 0) is 23.3 Å². The molecule has 0 amide bonds. The van der Waals surface area contributed by atoms with Crippen molar-refractivity contribution in [1.29, 1.82) is 0 Å². The smallest absolute Gasteiger partial charge is 0.124 e. The second kappa shape index (κ2) is 3.56. The molecule has 0 bridgehead atoms. The van der Waals surface area contributed by atoms with Crippen molar-refractivity contribution in [3.8, 4) is 0 Å². The van der Waals surface area contributed by atoms with Crippen molar-refractivity contribution in [3.05, 3.63) is 35.9 Å². The van der Waals surface area contributed by atoms with Crippen LogP contribution in [-0.4, -0.2) is 6.29 Å². The molecule has 14 heavy (non-hydrogen) atoms. The summed E-state index contributed by atoms with van der Waals surface area (Å²) in [6.07, 6.45) is 1.13. The molecule has 0 heterocycles. The highest BCUT2D eigenvalue weighted by atomic mass is 16.1. The van der Waals surface area contributed by atoms with Crippen LogP contribution in [0.4, 0.5) is 0 Å². The van der Waals surface area contributed by atoms with E-state index in [1.165, 1.54) is 5.56 Å². The van der Waals surface area contributed by atoms with Crippen LogP contribution in [0.15, 0.2) is 30.3 Å². The van der Waals surface area contributed by atoms with E-state index in [1.807, 2.05) is 18.2 Å². The van der Waals surface area contributed by atoms with Crippen LogP contribution in [0, 0.1) is 17.8 Å². The standard InChI is InChI=1S/C13H16O/c1-9(2)12-11(8-14)13(12)10-6-4-3-5-7-10/h3-9,11-13H,1-2H3/t11-,12-,13+/m0/s1. The molecule has 1 aromatic carbocycles. The summed E-state index contributed by atoms with van der Waals surface area (Å²) in [7, 11) is 0. The van der Waals surface area contributed by atoms with Crippen LogP contribution in [0.3, 0.4) is 0 Å². The van der Waals surface area contributed by atoms with Crippen LogP contribution in [-0.2, 0) is 4.79 Å². The maximum absolute atomic E-state index is 10.9. The first-order valence-electron chi connectivity index (χ1n) is 5.26. The predicted molar refractivity (Wildman–Crippen MR) is 57.1 cm³/mol. The molecular weight excluding hydrogens is 172 g/mol. The average Bonchev–Trinajstić information content (AvgIpc) is 2.93. The molecule has 2 rings (SSSR count). The second-order valence-corrected chi connectivity index (χ2v) is 4.47. The number of carbonyl (C=O) groups excluding carboxylic acids is 1. The normalized spacial score (nSPS) is 30.4.